The lowest BCUT2D eigenvalue weighted by atomic mass is 10.1. The van der Waals surface area contributed by atoms with Crippen molar-refractivity contribution < 1.29 is 9.29 Å². The van der Waals surface area contributed by atoms with Crippen molar-refractivity contribution in [2.75, 3.05) is 13.1 Å². The third-order valence-corrected chi connectivity index (χ3v) is 4.11. The average molecular weight is 301 g/mol. The van der Waals surface area contributed by atoms with Crippen molar-refractivity contribution in [1.82, 2.24) is 0 Å². The second kappa shape index (κ2) is 6.50. The smallest absolute Gasteiger partial charge is 0.137 e. The largest absolute Gasteiger partial charge is 0.331 e. The number of likely N-dealkylation sites (tertiary alicyclic amines) is 1. The molecule has 0 saturated carbocycles. The van der Waals surface area contributed by atoms with E-state index >= 15 is 0 Å². The third-order valence-electron chi connectivity index (χ3n) is 3.50. The summed E-state index contributed by atoms with van der Waals surface area (Å²) in [6, 6.07) is 5.38. The Kier molecular flexibility index (Phi) is 4.99. The number of benzene rings is 1. The fourth-order valence-electron chi connectivity index (χ4n) is 2.52. The van der Waals surface area contributed by atoms with Crippen LogP contribution in [0.1, 0.15) is 37.7 Å². The van der Waals surface area contributed by atoms with E-state index in [1.54, 1.807) is 11.0 Å². The van der Waals surface area contributed by atoms with Gasteiger partial charge < -0.3 is 4.90 Å². The zero-order valence-electron chi connectivity index (χ0n) is 10.1. The summed E-state index contributed by atoms with van der Waals surface area (Å²) in [5.74, 6) is -0.170. The van der Waals surface area contributed by atoms with Gasteiger partial charge in [-0.05, 0) is 53.7 Å². The normalized spacial score (nSPS) is 18.7. The molecule has 0 amide bonds. The maximum atomic E-state index is 13.1. The van der Waals surface area contributed by atoms with Crippen molar-refractivity contribution in [3.63, 3.8) is 0 Å². The zero-order valence-corrected chi connectivity index (χ0v) is 11.7. The lowest BCUT2D eigenvalue weighted by Gasteiger charge is -2.21. The SMILES string of the molecule is Fc1ccc(C[NH+]2CCCCCCC2)cc1Br. The van der Waals surface area contributed by atoms with Gasteiger partial charge in [0.1, 0.15) is 12.4 Å². The number of hydrogen-bond acceptors (Lipinski definition) is 0. The lowest BCUT2D eigenvalue weighted by molar-refractivity contribution is -0.914. The molecule has 17 heavy (non-hydrogen) atoms. The zero-order chi connectivity index (χ0) is 12.1. The first-order valence-corrected chi connectivity index (χ1v) is 7.32. The molecule has 0 spiro atoms. The molecule has 1 N–H and O–H groups in total. The molecule has 1 aromatic carbocycles. The highest BCUT2D eigenvalue weighted by Gasteiger charge is 2.12. The fraction of sp³-hybridized carbons (Fsp3) is 0.571. The van der Waals surface area contributed by atoms with Crippen molar-refractivity contribution in [1.29, 1.82) is 0 Å². The summed E-state index contributed by atoms with van der Waals surface area (Å²) in [6.07, 6.45) is 6.80. The molecule has 0 aromatic heterocycles. The highest BCUT2D eigenvalue weighted by atomic mass is 79.9. The van der Waals surface area contributed by atoms with E-state index in [4.69, 9.17) is 0 Å². The minimum Gasteiger partial charge on any atom is -0.331 e. The van der Waals surface area contributed by atoms with Crippen LogP contribution >= 0.6 is 15.9 Å². The maximum Gasteiger partial charge on any atom is 0.137 e. The topological polar surface area (TPSA) is 4.44 Å². The van der Waals surface area contributed by atoms with Gasteiger partial charge in [0.05, 0.1) is 17.6 Å². The number of hydrogen-bond donors (Lipinski definition) is 1. The summed E-state index contributed by atoms with van der Waals surface area (Å²) in [5, 5.41) is 0. The molecular weight excluding hydrogens is 281 g/mol. The minimum atomic E-state index is -0.170. The Morgan fingerprint density at radius 3 is 2.35 bits per heavy atom. The van der Waals surface area contributed by atoms with Gasteiger partial charge in [0, 0.05) is 5.56 Å². The van der Waals surface area contributed by atoms with Crippen LogP contribution < -0.4 is 4.90 Å². The van der Waals surface area contributed by atoms with Crippen LogP contribution in [0.3, 0.4) is 0 Å². The van der Waals surface area contributed by atoms with Crippen LogP contribution in [-0.2, 0) is 6.54 Å². The highest BCUT2D eigenvalue weighted by Crippen LogP contribution is 2.16. The molecule has 1 saturated heterocycles. The second-order valence-corrected chi connectivity index (χ2v) is 5.80. The molecule has 1 heterocycles. The van der Waals surface area contributed by atoms with E-state index < -0.39 is 0 Å². The lowest BCUT2D eigenvalue weighted by Crippen LogP contribution is -3.10. The van der Waals surface area contributed by atoms with E-state index in [2.05, 4.69) is 15.9 Å². The van der Waals surface area contributed by atoms with Gasteiger partial charge in [-0.25, -0.2) is 4.39 Å². The Hall–Kier alpha value is -0.410. The first-order chi connectivity index (χ1) is 8.25. The number of nitrogens with one attached hydrogen (secondary N) is 1. The van der Waals surface area contributed by atoms with Crippen molar-refractivity contribution in [2.45, 2.75) is 38.6 Å². The number of quaternary nitrogens is 1. The van der Waals surface area contributed by atoms with Crippen molar-refractivity contribution in [2.24, 2.45) is 0 Å². The predicted octanol–water partition coefficient (Wildman–Crippen LogP) is 2.94. The van der Waals surface area contributed by atoms with E-state index in [1.165, 1.54) is 50.8 Å². The predicted molar refractivity (Wildman–Crippen MR) is 71.6 cm³/mol. The Bertz CT molecular complexity index is 359. The van der Waals surface area contributed by atoms with Crippen molar-refractivity contribution in [3.8, 4) is 0 Å². The number of halogens is 2. The van der Waals surface area contributed by atoms with Crippen LogP contribution in [0.15, 0.2) is 22.7 Å². The Balaban J connectivity index is 1.95. The third kappa shape index (κ3) is 4.07. The van der Waals surface area contributed by atoms with Gasteiger partial charge in [-0.2, -0.15) is 0 Å². The van der Waals surface area contributed by atoms with Crippen LogP contribution in [0.2, 0.25) is 0 Å². The molecule has 1 fully saturated rings. The monoisotopic (exact) mass is 300 g/mol. The fourth-order valence-corrected chi connectivity index (χ4v) is 2.95. The quantitative estimate of drug-likeness (QED) is 0.856. The molecule has 2 rings (SSSR count). The Labute approximate surface area is 111 Å². The molecule has 94 valence electrons. The molecule has 0 unspecified atom stereocenters. The summed E-state index contributed by atoms with van der Waals surface area (Å²) < 4.78 is 13.7. The van der Waals surface area contributed by atoms with Gasteiger partial charge in [0.25, 0.3) is 0 Å². The van der Waals surface area contributed by atoms with E-state index in [0.29, 0.717) is 4.47 Å². The van der Waals surface area contributed by atoms with E-state index in [-0.39, 0.29) is 5.82 Å². The molecule has 0 radical (unpaired) electrons. The molecular formula is C14H20BrFN+. The highest BCUT2D eigenvalue weighted by molar-refractivity contribution is 9.10. The maximum absolute atomic E-state index is 13.1. The van der Waals surface area contributed by atoms with Crippen molar-refractivity contribution >= 4 is 15.9 Å². The standard InChI is InChI=1S/C14H19BrFN/c15-13-10-12(6-7-14(13)16)11-17-8-4-2-1-3-5-9-17/h6-7,10H,1-5,8-9,11H2/p+1. The van der Waals surface area contributed by atoms with Gasteiger partial charge >= 0.3 is 0 Å². The molecule has 1 aliphatic heterocycles. The molecule has 0 atom stereocenters. The van der Waals surface area contributed by atoms with Crippen LogP contribution in [0.25, 0.3) is 0 Å². The van der Waals surface area contributed by atoms with Gasteiger partial charge in [-0.1, -0.05) is 12.5 Å². The van der Waals surface area contributed by atoms with Crippen LogP contribution in [0, 0.1) is 5.82 Å². The first-order valence-electron chi connectivity index (χ1n) is 6.53. The van der Waals surface area contributed by atoms with Crippen LogP contribution in [0.4, 0.5) is 4.39 Å². The number of rotatable bonds is 2. The summed E-state index contributed by atoms with van der Waals surface area (Å²) >= 11 is 3.25. The Morgan fingerprint density at radius 2 is 1.71 bits per heavy atom. The minimum absolute atomic E-state index is 0.170. The van der Waals surface area contributed by atoms with E-state index in [1.807, 2.05) is 12.1 Å². The first kappa shape index (κ1) is 13.0. The van der Waals surface area contributed by atoms with Gasteiger partial charge in [-0.15, -0.1) is 0 Å². The van der Waals surface area contributed by atoms with Gasteiger partial charge in [0.15, 0.2) is 0 Å². The second-order valence-electron chi connectivity index (χ2n) is 4.94. The van der Waals surface area contributed by atoms with Crippen molar-refractivity contribution in [3.05, 3.63) is 34.1 Å². The molecule has 3 heteroatoms. The molecule has 0 aliphatic carbocycles. The van der Waals surface area contributed by atoms with E-state index in [9.17, 15) is 4.39 Å². The summed E-state index contributed by atoms with van der Waals surface area (Å²) in [5.41, 5.74) is 1.23. The van der Waals surface area contributed by atoms with Crippen LogP contribution in [-0.4, -0.2) is 13.1 Å². The molecule has 1 nitrogen and oxygen atoms in total. The summed E-state index contributed by atoms with van der Waals surface area (Å²) in [6.45, 7) is 3.54. The average Bonchev–Trinajstić information content (AvgIpc) is 2.27. The molecule has 0 bridgehead atoms. The van der Waals surface area contributed by atoms with E-state index in [0.717, 1.165) is 6.54 Å². The molecule has 1 aromatic rings. The summed E-state index contributed by atoms with van der Waals surface area (Å²) in [4.78, 5) is 1.64. The van der Waals surface area contributed by atoms with Crippen LogP contribution in [0.5, 0.6) is 0 Å². The Morgan fingerprint density at radius 1 is 1.06 bits per heavy atom. The van der Waals surface area contributed by atoms with Gasteiger partial charge in [0.2, 0.25) is 0 Å². The summed E-state index contributed by atoms with van der Waals surface area (Å²) in [7, 11) is 0. The molecule has 1 aliphatic rings. The van der Waals surface area contributed by atoms with Gasteiger partial charge in [-0.3, -0.25) is 0 Å².